The predicted octanol–water partition coefficient (Wildman–Crippen LogP) is 3.24. The van der Waals surface area contributed by atoms with Gasteiger partial charge in [-0.1, -0.05) is 19.1 Å². The van der Waals surface area contributed by atoms with Crippen LogP contribution in [0.1, 0.15) is 53.5 Å². The lowest BCUT2D eigenvalue weighted by atomic mass is 9.78. The number of rotatable bonds is 9. The molecular formula is C21H36BNO4. The van der Waals surface area contributed by atoms with Gasteiger partial charge in [-0.25, -0.2) is 0 Å². The van der Waals surface area contributed by atoms with Crippen LogP contribution in [0.4, 0.5) is 0 Å². The summed E-state index contributed by atoms with van der Waals surface area (Å²) in [6, 6.07) is 6.67. The lowest BCUT2D eigenvalue weighted by molar-refractivity contribution is 0.00578. The quantitative estimate of drug-likeness (QED) is 0.618. The Morgan fingerprint density at radius 1 is 1.11 bits per heavy atom. The van der Waals surface area contributed by atoms with Crippen molar-refractivity contribution in [2.45, 2.75) is 71.8 Å². The Kier molecular flexibility index (Phi) is 7.36. The molecule has 0 spiro atoms. The number of hydrogen-bond acceptors (Lipinski definition) is 5. The topological polar surface area (TPSA) is 40.2 Å². The SMILES string of the molecule is CCC(C)N(CCOC)Cc1cc(B2OC(C)(C)C(C)(C)O2)ccc1OC. The van der Waals surface area contributed by atoms with Crippen molar-refractivity contribution >= 4 is 12.6 Å². The van der Waals surface area contributed by atoms with Gasteiger partial charge in [0.05, 0.1) is 24.9 Å². The van der Waals surface area contributed by atoms with Crippen molar-refractivity contribution in [3.63, 3.8) is 0 Å². The van der Waals surface area contributed by atoms with E-state index in [1.54, 1.807) is 14.2 Å². The molecule has 1 aromatic carbocycles. The first kappa shape index (κ1) is 22.2. The zero-order valence-electron chi connectivity index (χ0n) is 18.3. The molecule has 5 nitrogen and oxygen atoms in total. The molecule has 2 rings (SSSR count). The molecule has 1 aliphatic heterocycles. The van der Waals surface area contributed by atoms with Crippen LogP contribution in [0.5, 0.6) is 5.75 Å². The molecule has 0 bridgehead atoms. The Labute approximate surface area is 165 Å². The van der Waals surface area contributed by atoms with Crippen molar-refractivity contribution in [2.24, 2.45) is 0 Å². The zero-order valence-corrected chi connectivity index (χ0v) is 18.3. The van der Waals surface area contributed by atoms with Crippen LogP contribution in [-0.2, 0) is 20.6 Å². The number of benzene rings is 1. The van der Waals surface area contributed by atoms with Crippen LogP contribution in [0.25, 0.3) is 0 Å². The van der Waals surface area contributed by atoms with Crippen molar-refractivity contribution in [1.29, 1.82) is 0 Å². The van der Waals surface area contributed by atoms with Gasteiger partial charge < -0.3 is 18.8 Å². The summed E-state index contributed by atoms with van der Waals surface area (Å²) in [5.41, 5.74) is 1.47. The fourth-order valence-electron chi connectivity index (χ4n) is 3.19. The molecule has 1 aliphatic rings. The van der Waals surface area contributed by atoms with E-state index in [1.807, 2.05) is 12.1 Å². The van der Waals surface area contributed by atoms with Gasteiger partial charge >= 0.3 is 7.12 Å². The Morgan fingerprint density at radius 3 is 2.26 bits per heavy atom. The Hall–Kier alpha value is -1.08. The summed E-state index contributed by atoms with van der Waals surface area (Å²) < 4.78 is 23.4. The minimum Gasteiger partial charge on any atom is -0.496 e. The lowest BCUT2D eigenvalue weighted by Gasteiger charge is -2.32. The lowest BCUT2D eigenvalue weighted by Crippen LogP contribution is -2.41. The monoisotopic (exact) mass is 377 g/mol. The van der Waals surface area contributed by atoms with Crippen LogP contribution in [0, 0.1) is 0 Å². The normalized spacial score (nSPS) is 19.5. The third-order valence-corrected chi connectivity index (χ3v) is 6.00. The number of ether oxygens (including phenoxy) is 2. The van der Waals surface area contributed by atoms with Crippen molar-refractivity contribution in [1.82, 2.24) is 4.90 Å². The summed E-state index contributed by atoms with van der Waals surface area (Å²) in [5.74, 6) is 0.890. The molecule has 27 heavy (non-hydrogen) atoms. The smallest absolute Gasteiger partial charge is 0.494 e. The van der Waals surface area contributed by atoms with Crippen molar-refractivity contribution in [3.05, 3.63) is 23.8 Å². The first-order valence-corrected chi connectivity index (χ1v) is 9.90. The molecule has 1 fully saturated rings. The van der Waals surface area contributed by atoms with Crippen molar-refractivity contribution in [3.8, 4) is 5.75 Å². The molecule has 6 heteroatoms. The van der Waals surface area contributed by atoms with Crippen molar-refractivity contribution < 1.29 is 18.8 Å². The van der Waals surface area contributed by atoms with Crippen LogP contribution >= 0.6 is 0 Å². The fraction of sp³-hybridized carbons (Fsp3) is 0.714. The van der Waals surface area contributed by atoms with E-state index in [-0.39, 0.29) is 18.3 Å². The molecule has 1 aromatic rings. The molecule has 0 saturated carbocycles. The maximum atomic E-state index is 6.22. The van der Waals surface area contributed by atoms with E-state index >= 15 is 0 Å². The van der Waals surface area contributed by atoms with Gasteiger partial charge in [0.15, 0.2) is 0 Å². The minimum absolute atomic E-state index is 0.348. The van der Waals surface area contributed by atoms with Gasteiger partial charge in [0.25, 0.3) is 0 Å². The van der Waals surface area contributed by atoms with Crippen LogP contribution in [-0.4, -0.2) is 56.6 Å². The molecule has 0 radical (unpaired) electrons. The minimum atomic E-state index is -0.365. The van der Waals surface area contributed by atoms with E-state index in [4.69, 9.17) is 18.8 Å². The van der Waals surface area contributed by atoms with Crippen LogP contribution < -0.4 is 10.2 Å². The van der Waals surface area contributed by atoms with Gasteiger partial charge in [-0.3, -0.25) is 4.90 Å². The van der Waals surface area contributed by atoms with Crippen LogP contribution in [0.3, 0.4) is 0 Å². The second-order valence-electron chi connectivity index (χ2n) is 8.38. The van der Waals surface area contributed by atoms with E-state index in [0.29, 0.717) is 12.6 Å². The van der Waals surface area contributed by atoms with Gasteiger partial charge in [-0.15, -0.1) is 0 Å². The molecule has 1 unspecified atom stereocenters. The van der Waals surface area contributed by atoms with E-state index in [2.05, 4.69) is 52.5 Å². The van der Waals surface area contributed by atoms with Gasteiger partial charge in [0.1, 0.15) is 5.75 Å². The fourth-order valence-corrected chi connectivity index (χ4v) is 3.19. The summed E-state index contributed by atoms with van der Waals surface area (Å²) in [7, 11) is 3.10. The maximum absolute atomic E-state index is 6.22. The Morgan fingerprint density at radius 2 is 1.74 bits per heavy atom. The van der Waals surface area contributed by atoms with Gasteiger partial charge in [0, 0.05) is 31.8 Å². The number of methoxy groups -OCH3 is 2. The Bertz CT molecular complexity index is 604. The molecule has 0 aromatic heterocycles. The average molecular weight is 377 g/mol. The predicted molar refractivity (Wildman–Crippen MR) is 111 cm³/mol. The molecule has 0 N–H and O–H groups in total. The molecular weight excluding hydrogens is 341 g/mol. The van der Waals surface area contributed by atoms with E-state index in [0.717, 1.165) is 36.3 Å². The van der Waals surface area contributed by atoms with Gasteiger partial charge in [-0.05, 0) is 52.6 Å². The first-order valence-electron chi connectivity index (χ1n) is 9.90. The van der Waals surface area contributed by atoms with E-state index in [9.17, 15) is 0 Å². The van der Waals surface area contributed by atoms with Gasteiger partial charge in [-0.2, -0.15) is 0 Å². The summed E-state index contributed by atoms with van der Waals surface area (Å²) in [4.78, 5) is 2.43. The second kappa shape index (κ2) is 8.95. The summed E-state index contributed by atoms with van der Waals surface area (Å²) in [5, 5.41) is 0. The average Bonchev–Trinajstić information content (AvgIpc) is 2.85. The third-order valence-electron chi connectivity index (χ3n) is 6.00. The van der Waals surface area contributed by atoms with E-state index < -0.39 is 0 Å². The maximum Gasteiger partial charge on any atom is 0.494 e. The number of nitrogens with zero attached hydrogens (tertiary/aromatic N) is 1. The number of hydrogen-bond donors (Lipinski definition) is 0. The van der Waals surface area contributed by atoms with Gasteiger partial charge in [0.2, 0.25) is 0 Å². The molecule has 1 heterocycles. The third kappa shape index (κ3) is 5.05. The highest BCUT2D eigenvalue weighted by Crippen LogP contribution is 2.36. The second-order valence-corrected chi connectivity index (χ2v) is 8.38. The standard InChI is InChI=1S/C21H36BNO4/c1-9-16(2)23(12-13-24-7)15-17-14-18(10-11-19(17)25-8)22-26-20(3,4)21(5,6)27-22/h10-11,14,16H,9,12-13,15H2,1-8H3. The first-order chi connectivity index (χ1) is 12.6. The highest BCUT2D eigenvalue weighted by Gasteiger charge is 2.51. The van der Waals surface area contributed by atoms with Crippen molar-refractivity contribution in [2.75, 3.05) is 27.4 Å². The Balaban J connectivity index is 2.27. The molecule has 152 valence electrons. The van der Waals surface area contributed by atoms with Crippen LogP contribution in [0.15, 0.2) is 18.2 Å². The molecule has 1 saturated heterocycles. The highest BCUT2D eigenvalue weighted by atomic mass is 16.7. The summed E-state index contributed by atoms with van der Waals surface area (Å²) in [6.07, 6.45) is 1.09. The zero-order chi connectivity index (χ0) is 20.2. The largest absolute Gasteiger partial charge is 0.496 e. The molecule has 0 aliphatic carbocycles. The molecule has 1 atom stereocenters. The van der Waals surface area contributed by atoms with E-state index in [1.165, 1.54) is 0 Å². The highest BCUT2D eigenvalue weighted by molar-refractivity contribution is 6.62. The van der Waals surface area contributed by atoms with Crippen LogP contribution in [0.2, 0.25) is 0 Å². The molecule has 0 amide bonds. The summed E-state index contributed by atoms with van der Waals surface area (Å²) >= 11 is 0. The summed E-state index contributed by atoms with van der Waals surface area (Å²) in [6.45, 7) is 15.2.